The average molecular weight is 424 g/mol. The normalized spacial score (nSPS) is 14.8. The van der Waals surface area contributed by atoms with Crippen molar-refractivity contribution in [3.05, 3.63) is 63.2 Å². The standard InChI is InChI=1S/C18H18ClN3O5S/c19-16-9-8-14(11-17(16)22(24)25)20-18(23)12-4-3-7-15(10-12)28(26,27)21-13-5-1-2-6-13/h3-4,7-11,13,21H,1-2,5-6H2,(H,20,23). The van der Waals surface area contributed by atoms with Gasteiger partial charge in [-0.1, -0.05) is 30.5 Å². The van der Waals surface area contributed by atoms with Crippen molar-refractivity contribution < 1.29 is 18.1 Å². The maximum atomic E-state index is 12.5. The summed E-state index contributed by atoms with van der Waals surface area (Å²) < 4.78 is 27.8. The van der Waals surface area contributed by atoms with E-state index >= 15 is 0 Å². The highest BCUT2D eigenvalue weighted by molar-refractivity contribution is 7.89. The van der Waals surface area contributed by atoms with Crippen molar-refractivity contribution in [2.75, 3.05) is 5.32 Å². The molecule has 0 aromatic heterocycles. The molecule has 0 atom stereocenters. The van der Waals surface area contributed by atoms with E-state index in [9.17, 15) is 23.3 Å². The Bertz CT molecular complexity index is 1020. The van der Waals surface area contributed by atoms with Crippen molar-refractivity contribution in [3.63, 3.8) is 0 Å². The summed E-state index contributed by atoms with van der Waals surface area (Å²) in [5.41, 5.74) is -0.0399. The Morgan fingerprint density at radius 2 is 1.86 bits per heavy atom. The predicted octanol–water partition coefficient (Wildman–Crippen LogP) is 3.72. The second kappa shape index (κ2) is 8.26. The molecule has 0 radical (unpaired) electrons. The molecule has 0 saturated heterocycles. The summed E-state index contributed by atoms with van der Waals surface area (Å²) in [5, 5.41) is 13.4. The lowest BCUT2D eigenvalue weighted by atomic mass is 10.2. The number of benzene rings is 2. The van der Waals surface area contributed by atoms with Crippen molar-refractivity contribution in [2.45, 2.75) is 36.6 Å². The van der Waals surface area contributed by atoms with E-state index in [1.54, 1.807) is 0 Å². The summed E-state index contributed by atoms with van der Waals surface area (Å²) in [4.78, 5) is 22.8. The number of sulfonamides is 1. The Morgan fingerprint density at radius 1 is 1.14 bits per heavy atom. The van der Waals surface area contributed by atoms with Crippen molar-refractivity contribution in [1.29, 1.82) is 0 Å². The van der Waals surface area contributed by atoms with E-state index in [1.165, 1.54) is 36.4 Å². The van der Waals surface area contributed by atoms with E-state index in [0.717, 1.165) is 31.7 Å². The van der Waals surface area contributed by atoms with Crippen LogP contribution in [0.25, 0.3) is 0 Å². The molecular weight excluding hydrogens is 406 g/mol. The van der Waals surface area contributed by atoms with Gasteiger partial charge in [-0.15, -0.1) is 0 Å². The average Bonchev–Trinajstić information content (AvgIpc) is 3.15. The maximum absolute atomic E-state index is 12.5. The number of hydrogen-bond acceptors (Lipinski definition) is 5. The molecule has 1 amide bonds. The van der Waals surface area contributed by atoms with Gasteiger partial charge in [0.25, 0.3) is 11.6 Å². The van der Waals surface area contributed by atoms with Crippen molar-refractivity contribution in [1.82, 2.24) is 4.72 Å². The lowest BCUT2D eigenvalue weighted by Crippen LogP contribution is -2.32. The number of rotatable bonds is 6. The highest BCUT2D eigenvalue weighted by Gasteiger charge is 2.23. The third-order valence-electron chi connectivity index (χ3n) is 4.48. The minimum Gasteiger partial charge on any atom is -0.322 e. The molecule has 0 heterocycles. The van der Waals surface area contributed by atoms with E-state index in [2.05, 4.69) is 10.0 Å². The van der Waals surface area contributed by atoms with Crippen LogP contribution in [0.4, 0.5) is 11.4 Å². The first-order chi connectivity index (χ1) is 13.3. The number of halogens is 1. The van der Waals surface area contributed by atoms with E-state index in [4.69, 9.17) is 11.6 Å². The second-order valence-corrected chi connectivity index (χ2v) is 8.63. The van der Waals surface area contributed by atoms with Crippen LogP contribution in [-0.2, 0) is 10.0 Å². The third-order valence-corrected chi connectivity index (χ3v) is 6.32. The van der Waals surface area contributed by atoms with Crippen LogP contribution in [-0.4, -0.2) is 25.3 Å². The lowest BCUT2D eigenvalue weighted by Gasteiger charge is -2.13. The van der Waals surface area contributed by atoms with Gasteiger partial charge in [-0.2, -0.15) is 0 Å². The molecule has 10 heteroatoms. The van der Waals surface area contributed by atoms with Gasteiger partial charge in [0.15, 0.2) is 0 Å². The fourth-order valence-electron chi connectivity index (χ4n) is 3.07. The van der Waals surface area contributed by atoms with E-state index in [0.29, 0.717) is 0 Å². The summed E-state index contributed by atoms with van der Waals surface area (Å²) in [6, 6.07) is 9.42. The number of anilines is 1. The predicted molar refractivity (Wildman–Crippen MR) is 105 cm³/mol. The monoisotopic (exact) mass is 423 g/mol. The smallest absolute Gasteiger partial charge is 0.289 e. The number of nitro benzene ring substituents is 1. The molecule has 28 heavy (non-hydrogen) atoms. The van der Waals surface area contributed by atoms with Crippen molar-refractivity contribution >= 4 is 38.9 Å². The SMILES string of the molecule is O=C(Nc1ccc(Cl)c([N+](=O)[O-])c1)c1cccc(S(=O)(=O)NC2CCCC2)c1. The van der Waals surface area contributed by atoms with Gasteiger partial charge in [0.2, 0.25) is 10.0 Å². The number of nitro groups is 1. The zero-order valence-corrected chi connectivity index (χ0v) is 16.3. The number of carbonyl (C=O) groups excluding carboxylic acids is 1. The van der Waals surface area contributed by atoms with E-state index in [1.807, 2.05) is 0 Å². The van der Waals surface area contributed by atoms with Gasteiger partial charge in [-0.3, -0.25) is 14.9 Å². The largest absolute Gasteiger partial charge is 0.322 e. The Labute approximate surface area is 167 Å². The molecule has 1 aliphatic rings. The van der Waals surface area contributed by atoms with Crippen LogP contribution in [0.5, 0.6) is 0 Å². The van der Waals surface area contributed by atoms with Crippen molar-refractivity contribution in [3.8, 4) is 0 Å². The first-order valence-electron chi connectivity index (χ1n) is 8.64. The van der Waals surface area contributed by atoms with E-state index < -0.39 is 20.9 Å². The summed E-state index contributed by atoms with van der Waals surface area (Å²) in [6.07, 6.45) is 3.58. The summed E-state index contributed by atoms with van der Waals surface area (Å²) >= 11 is 5.76. The molecular formula is C18H18ClN3O5S. The Balaban J connectivity index is 1.79. The summed E-state index contributed by atoms with van der Waals surface area (Å²) in [7, 11) is -3.73. The van der Waals surface area contributed by atoms with Gasteiger partial charge in [0.1, 0.15) is 5.02 Å². The first kappa shape index (κ1) is 20.2. The molecule has 0 bridgehead atoms. The lowest BCUT2D eigenvalue weighted by molar-refractivity contribution is -0.384. The first-order valence-corrected chi connectivity index (χ1v) is 10.5. The number of carbonyl (C=O) groups is 1. The number of hydrogen-bond donors (Lipinski definition) is 2. The highest BCUT2D eigenvalue weighted by Crippen LogP contribution is 2.28. The van der Waals surface area contributed by atoms with Gasteiger partial charge in [0, 0.05) is 23.4 Å². The van der Waals surface area contributed by atoms with Gasteiger partial charge >= 0.3 is 0 Å². The molecule has 8 nitrogen and oxygen atoms in total. The maximum Gasteiger partial charge on any atom is 0.289 e. The molecule has 0 unspecified atom stereocenters. The minimum absolute atomic E-state index is 0.00543. The third kappa shape index (κ3) is 4.67. The molecule has 1 fully saturated rings. The topological polar surface area (TPSA) is 118 Å². The molecule has 2 aromatic carbocycles. The molecule has 1 saturated carbocycles. The molecule has 148 valence electrons. The molecule has 0 aliphatic heterocycles. The van der Waals surface area contributed by atoms with Crippen LogP contribution in [0.3, 0.4) is 0 Å². The van der Waals surface area contributed by atoms with Crippen LogP contribution < -0.4 is 10.0 Å². The zero-order valence-electron chi connectivity index (χ0n) is 14.7. The van der Waals surface area contributed by atoms with Crippen LogP contribution in [0.1, 0.15) is 36.0 Å². The number of amides is 1. The molecule has 1 aliphatic carbocycles. The highest BCUT2D eigenvalue weighted by atomic mass is 35.5. The van der Waals surface area contributed by atoms with Gasteiger partial charge < -0.3 is 5.32 Å². The minimum atomic E-state index is -3.73. The summed E-state index contributed by atoms with van der Waals surface area (Å²) in [5.74, 6) is -0.588. The Kier molecular flexibility index (Phi) is 5.97. The quantitative estimate of drug-likeness (QED) is 0.542. The Morgan fingerprint density at radius 3 is 2.54 bits per heavy atom. The summed E-state index contributed by atoms with van der Waals surface area (Å²) in [6.45, 7) is 0. The van der Waals surface area contributed by atoms with Gasteiger partial charge in [-0.25, -0.2) is 13.1 Å². The van der Waals surface area contributed by atoms with Crippen LogP contribution in [0.2, 0.25) is 5.02 Å². The molecule has 2 aromatic rings. The fraction of sp³-hybridized carbons (Fsp3) is 0.278. The second-order valence-electron chi connectivity index (χ2n) is 6.51. The fourth-order valence-corrected chi connectivity index (χ4v) is 4.61. The van der Waals surface area contributed by atoms with E-state index in [-0.39, 0.29) is 32.9 Å². The molecule has 2 N–H and O–H groups in total. The zero-order chi connectivity index (χ0) is 20.3. The number of nitrogens with zero attached hydrogens (tertiary/aromatic N) is 1. The van der Waals surface area contributed by atoms with Crippen LogP contribution in [0, 0.1) is 10.1 Å². The molecule has 0 spiro atoms. The van der Waals surface area contributed by atoms with Crippen molar-refractivity contribution in [2.24, 2.45) is 0 Å². The Hall–Kier alpha value is -2.49. The molecule has 3 rings (SSSR count). The van der Waals surface area contributed by atoms with Gasteiger partial charge in [-0.05, 0) is 43.2 Å². The number of nitrogens with one attached hydrogen (secondary N) is 2. The van der Waals surface area contributed by atoms with Gasteiger partial charge in [0.05, 0.1) is 9.82 Å². The van der Waals surface area contributed by atoms with Crippen LogP contribution in [0.15, 0.2) is 47.4 Å². The van der Waals surface area contributed by atoms with Crippen LogP contribution >= 0.6 is 11.6 Å².